The summed E-state index contributed by atoms with van der Waals surface area (Å²) in [7, 11) is 0. The monoisotopic (exact) mass is 237 g/mol. The molecule has 1 aliphatic heterocycles. The summed E-state index contributed by atoms with van der Waals surface area (Å²) < 4.78 is 43.7. The van der Waals surface area contributed by atoms with E-state index in [9.17, 15) is 13.2 Å². The highest BCUT2D eigenvalue weighted by Gasteiger charge is 2.51. The molecular formula is C11H18F3NO. The first-order chi connectivity index (χ1) is 7.41. The summed E-state index contributed by atoms with van der Waals surface area (Å²) in [5.74, 6) is -1.03. The second-order valence-electron chi connectivity index (χ2n) is 5.09. The molecule has 2 nitrogen and oxygen atoms in total. The van der Waals surface area contributed by atoms with Crippen LogP contribution in [-0.4, -0.2) is 24.9 Å². The summed E-state index contributed by atoms with van der Waals surface area (Å²) >= 11 is 0. The summed E-state index contributed by atoms with van der Waals surface area (Å²) in [5.41, 5.74) is 5.59. The fraction of sp³-hybridized carbons (Fsp3) is 1.00. The lowest BCUT2D eigenvalue weighted by Gasteiger charge is -2.37. The Morgan fingerprint density at radius 1 is 1.25 bits per heavy atom. The number of rotatable bonds is 1. The molecule has 0 amide bonds. The number of ether oxygens (including phenoxy) is 1. The Labute approximate surface area is 93.3 Å². The Morgan fingerprint density at radius 2 is 1.94 bits per heavy atom. The van der Waals surface area contributed by atoms with Gasteiger partial charge in [-0.1, -0.05) is 0 Å². The van der Waals surface area contributed by atoms with Crippen LogP contribution in [0.1, 0.15) is 26.2 Å². The van der Waals surface area contributed by atoms with Crippen LogP contribution in [0.4, 0.5) is 13.2 Å². The highest BCUT2D eigenvalue weighted by molar-refractivity contribution is 4.94. The van der Waals surface area contributed by atoms with Gasteiger partial charge in [-0.25, -0.2) is 0 Å². The maximum atomic E-state index is 12.7. The lowest BCUT2D eigenvalue weighted by molar-refractivity contribution is -0.198. The maximum absolute atomic E-state index is 12.7. The molecule has 0 aromatic rings. The van der Waals surface area contributed by atoms with Gasteiger partial charge < -0.3 is 10.5 Å². The van der Waals surface area contributed by atoms with E-state index in [1.807, 2.05) is 6.92 Å². The van der Waals surface area contributed by atoms with Crippen molar-refractivity contribution in [2.24, 2.45) is 23.5 Å². The third-order valence-corrected chi connectivity index (χ3v) is 3.96. The quantitative estimate of drug-likeness (QED) is 0.759. The minimum absolute atomic E-state index is 0.0321. The Hall–Kier alpha value is -0.290. The van der Waals surface area contributed by atoms with E-state index < -0.39 is 12.1 Å². The van der Waals surface area contributed by atoms with Gasteiger partial charge in [0, 0.05) is 0 Å². The third kappa shape index (κ3) is 2.20. The molecule has 16 heavy (non-hydrogen) atoms. The highest BCUT2D eigenvalue weighted by atomic mass is 19.4. The average molecular weight is 237 g/mol. The second-order valence-corrected chi connectivity index (χ2v) is 5.09. The summed E-state index contributed by atoms with van der Waals surface area (Å²) in [5, 5.41) is 0. The average Bonchev–Trinajstić information content (AvgIpc) is 2.54. The largest absolute Gasteiger partial charge is 0.391 e. The Morgan fingerprint density at radius 3 is 2.50 bits per heavy atom. The van der Waals surface area contributed by atoms with Crippen LogP contribution in [0.15, 0.2) is 0 Å². The summed E-state index contributed by atoms with van der Waals surface area (Å²) in [6.07, 6.45) is -3.10. The van der Waals surface area contributed by atoms with Crippen LogP contribution in [-0.2, 0) is 4.74 Å². The molecule has 1 heterocycles. The van der Waals surface area contributed by atoms with Crippen LogP contribution in [0.2, 0.25) is 0 Å². The summed E-state index contributed by atoms with van der Waals surface area (Å²) in [4.78, 5) is 0. The fourth-order valence-electron chi connectivity index (χ4n) is 3.17. The minimum Gasteiger partial charge on any atom is -0.375 e. The van der Waals surface area contributed by atoms with Crippen LogP contribution in [0.25, 0.3) is 0 Å². The highest BCUT2D eigenvalue weighted by Crippen LogP contribution is 2.47. The number of hydrogen-bond donors (Lipinski definition) is 1. The number of nitrogens with two attached hydrogens (primary N) is 1. The molecule has 0 unspecified atom stereocenters. The molecule has 1 aliphatic carbocycles. The number of halogens is 3. The van der Waals surface area contributed by atoms with Gasteiger partial charge in [0.1, 0.15) is 0 Å². The zero-order valence-corrected chi connectivity index (χ0v) is 9.33. The van der Waals surface area contributed by atoms with Crippen molar-refractivity contribution in [3.05, 3.63) is 0 Å². The van der Waals surface area contributed by atoms with Crippen LogP contribution >= 0.6 is 0 Å². The third-order valence-electron chi connectivity index (χ3n) is 3.96. The molecule has 2 aliphatic rings. The van der Waals surface area contributed by atoms with Crippen LogP contribution in [0.3, 0.4) is 0 Å². The Balaban J connectivity index is 2.10. The molecule has 1 saturated carbocycles. The molecule has 1 saturated heterocycles. The topological polar surface area (TPSA) is 35.2 Å². The van der Waals surface area contributed by atoms with E-state index in [1.165, 1.54) is 0 Å². The van der Waals surface area contributed by atoms with Gasteiger partial charge in [-0.15, -0.1) is 0 Å². The van der Waals surface area contributed by atoms with Gasteiger partial charge >= 0.3 is 6.18 Å². The van der Waals surface area contributed by atoms with E-state index in [4.69, 9.17) is 10.5 Å². The zero-order valence-electron chi connectivity index (χ0n) is 9.33. The summed E-state index contributed by atoms with van der Waals surface area (Å²) in [6.45, 7) is 2.26. The number of hydrogen-bond acceptors (Lipinski definition) is 2. The predicted molar refractivity (Wildman–Crippen MR) is 53.8 cm³/mol. The second kappa shape index (κ2) is 4.18. The molecule has 2 N–H and O–H groups in total. The van der Waals surface area contributed by atoms with Gasteiger partial charge in [0.05, 0.1) is 18.1 Å². The molecule has 0 spiro atoms. The van der Waals surface area contributed by atoms with Crippen molar-refractivity contribution in [3.63, 3.8) is 0 Å². The van der Waals surface area contributed by atoms with Crippen molar-refractivity contribution in [1.82, 2.24) is 0 Å². The van der Waals surface area contributed by atoms with Crippen molar-refractivity contribution >= 4 is 0 Å². The van der Waals surface area contributed by atoms with E-state index in [1.54, 1.807) is 0 Å². The van der Waals surface area contributed by atoms with E-state index in [2.05, 4.69) is 0 Å². The van der Waals surface area contributed by atoms with Gasteiger partial charge in [-0.3, -0.25) is 0 Å². The molecule has 0 bridgehead atoms. The van der Waals surface area contributed by atoms with Crippen LogP contribution in [0.5, 0.6) is 0 Å². The van der Waals surface area contributed by atoms with E-state index >= 15 is 0 Å². The van der Waals surface area contributed by atoms with E-state index in [0.717, 1.165) is 6.42 Å². The summed E-state index contributed by atoms with van der Waals surface area (Å²) in [6, 6.07) is 0. The molecular weight excluding hydrogens is 219 g/mol. The van der Waals surface area contributed by atoms with Gasteiger partial charge in [-0.05, 0) is 44.6 Å². The first kappa shape index (κ1) is 12.2. The molecule has 94 valence electrons. The van der Waals surface area contributed by atoms with Crippen molar-refractivity contribution in [1.29, 1.82) is 0 Å². The van der Waals surface area contributed by atoms with Crippen molar-refractivity contribution in [2.45, 2.75) is 44.6 Å². The fourth-order valence-corrected chi connectivity index (χ4v) is 3.17. The molecule has 0 radical (unpaired) electrons. The maximum Gasteiger partial charge on any atom is 0.391 e. The molecule has 2 rings (SSSR count). The minimum atomic E-state index is -4.10. The van der Waals surface area contributed by atoms with Gasteiger partial charge in [0.15, 0.2) is 0 Å². The molecule has 0 aromatic heterocycles. The number of fused-ring (bicyclic) bond motifs is 1. The molecule has 5 atom stereocenters. The number of alkyl halides is 3. The Bertz CT molecular complexity index is 248. The lowest BCUT2D eigenvalue weighted by Crippen LogP contribution is -2.42. The van der Waals surface area contributed by atoms with Gasteiger partial charge in [-0.2, -0.15) is 13.2 Å². The van der Waals surface area contributed by atoms with E-state index in [0.29, 0.717) is 6.54 Å². The Kier molecular flexibility index (Phi) is 3.18. The van der Waals surface area contributed by atoms with Crippen LogP contribution in [0, 0.1) is 17.8 Å². The van der Waals surface area contributed by atoms with E-state index in [-0.39, 0.29) is 36.9 Å². The van der Waals surface area contributed by atoms with Crippen molar-refractivity contribution < 1.29 is 17.9 Å². The van der Waals surface area contributed by atoms with Gasteiger partial charge in [0.2, 0.25) is 0 Å². The smallest absolute Gasteiger partial charge is 0.375 e. The predicted octanol–water partition coefficient (Wildman–Crippen LogP) is 2.33. The first-order valence-corrected chi connectivity index (χ1v) is 5.84. The standard InChI is InChI=1S/C11H18F3NO/c1-6-2-9-7(5-15)3-8(11(12,13)14)4-10(9)16-6/h6-10H,2-5,15H2,1H3/t6-,7+,8-,9-,10-/m1/s1. The molecule has 2 fully saturated rings. The molecule has 0 aromatic carbocycles. The normalized spacial score (nSPS) is 44.4. The van der Waals surface area contributed by atoms with Gasteiger partial charge in [0.25, 0.3) is 0 Å². The van der Waals surface area contributed by atoms with Crippen LogP contribution < -0.4 is 5.73 Å². The van der Waals surface area contributed by atoms with Crippen molar-refractivity contribution in [3.8, 4) is 0 Å². The molecule has 5 heteroatoms. The van der Waals surface area contributed by atoms with Crippen molar-refractivity contribution in [2.75, 3.05) is 6.54 Å². The SMILES string of the molecule is C[C@@H]1C[C@@H]2[C@H](CN)C[C@@H](C(F)(F)F)C[C@H]2O1. The zero-order chi connectivity index (χ0) is 11.9. The lowest BCUT2D eigenvalue weighted by atomic mass is 9.71. The first-order valence-electron chi connectivity index (χ1n) is 5.84.